The van der Waals surface area contributed by atoms with Gasteiger partial charge in [-0.1, -0.05) is 12.1 Å². The minimum absolute atomic E-state index is 0.0527. The molecule has 0 bridgehead atoms. The van der Waals surface area contributed by atoms with Gasteiger partial charge in [0, 0.05) is 22.3 Å². The highest BCUT2D eigenvalue weighted by molar-refractivity contribution is 9.10. The van der Waals surface area contributed by atoms with E-state index >= 15 is 0 Å². The number of hydrogen-bond acceptors (Lipinski definition) is 4. The maximum atomic E-state index is 10.7. The molecule has 0 amide bonds. The van der Waals surface area contributed by atoms with Crippen LogP contribution in [0.5, 0.6) is 5.75 Å². The van der Waals surface area contributed by atoms with Crippen LogP contribution in [-0.2, 0) is 6.42 Å². The molecule has 2 aromatic rings. The topological polar surface area (TPSA) is 75.4 Å². The van der Waals surface area contributed by atoms with Gasteiger partial charge >= 0.3 is 0 Å². The third-order valence-corrected chi connectivity index (χ3v) is 4.40. The number of aromatic hydroxyl groups is 1. The molecule has 1 atom stereocenters. The summed E-state index contributed by atoms with van der Waals surface area (Å²) in [7, 11) is 0. The lowest BCUT2D eigenvalue weighted by Gasteiger charge is -2.16. The lowest BCUT2D eigenvalue weighted by atomic mass is 10.1. The number of phenols is 1. The molecule has 5 nitrogen and oxygen atoms in total. The van der Waals surface area contributed by atoms with Gasteiger partial charge in [-0.25, -0.2) is 0 Å². The summed E-state index contributed by atoms with van der Waals surface area (Å²) in [4.78, 5) is 10.3. The number of rotatable bonds is 3. The SMILES string of the molecule is O=[N+]([O-])c1ccc(NC2CCc3c(O)cccc32)c(Br)c1. The van der Waals surface area contributed by atoms with E-state index in [2.05, 4.69) is 21.2 Å². The molecule has 6 heteroatoms. The van der Waals surface area contributed by atoms with Crippen molar-refractivity contribution in [2.75, 3.05) is 5.32 Å². The van der Waals surface area contributed by atoms with Gasteiger partial charge in [0.05, 0.1) is 11.0 Å². The van der Waals surface area contributed by atoms with Crippen LogP contribution in [-0.4, -0.2) is 10.0 Å². The Labute approximate surface area is 129 Å². The van der Waals surface area contributed by atoms with Crippen LogP contribution in [0.15, 0.2) is 40.9 Å². The van der Waals surface area contributed by atoms with Crippen LogP contribution in [0.4, 0.5) is 11.4 Å². The highest BCUT2D eigenvalue weighted by Gasteiger charge is 2.25. The summed E-state index contributed by atoms with van der Waals surface area (Å²) in [5.74, 6) is 0.333. The summed E-state index contributed by atoms with van der Waals surface area (Å²) in [5, 5.41) is 24.0. The molecule has 108 valence electrons. The van der Waals surface area contributed by atoms with E-state index in [0.717, 1.165) is 29.7 Å². The van der Waals surface area contributed by atoms with E-state index in [1.54, 1.807) is 12.1 Å². The smallest absolute Gasteiger partial charge is 0.270 e. The summed E-state index contributed by atoms with van der Waals surface area (Å²) in [6.07, 6.45) is 1.71. The van der Waals surface area contributed by atoms with E-state index in [4.69, 9.17) is 0 Å². The zero-order valence-corrected chi connectivity index (χ0v) is 12.6. The summed E-state index contributed by atoms with van der Waals surface area (Å²) < 4.78 is 0.658. The van der Waals surface area contributed by atoms with Gasteiger partial charge in [0.15, 0.2) is 0 Å². The van der Waals surface area contributed by atoms with Crippen LogP contribution in [0.25, 0.3) is 0 Å². The van der Waals surface area contributed by atoms with Crippen LogP contribution in [0.3, 0.4) is 0 Å². The lowest BCUT2D eigenvalue weighted by molar-refractivity contribution is -0.384. The molecule has 1 aliphatic carbocycles. The highest BCUT2D eigenvalue weighted by Crippen LogP contribution is 2.39. The Kier molecular flexibility index (Phi) is 3.55. The molecule has 2 aromatic carbocycles. The van der Waals surface area contributed by atoms with Gasteiger partial charge in [-0.3, -0.25) is 10.1 Å². The number of non-ortho nitro benzene ring substituents is 1. The average Bonchev–Trinajstić information content (AvgIpc) is 2.85. The molecule has 0 radical (unpaired) electrons. The van der Waals surface area contributed by atoms with Crippen LogP contribution in [0.2, 0.25) is 0 Å². The largest absolute Gasteiger partial charge is 0.508 e. The number of anilines is 1. The van der Waals surface area contributed by atoms with E-state index in [1.165, 1.54) is 12.1 Å². The number of halogens is 1. The van der Waals surface area contributed by atoms with Crippen molar-refractivity contribution in [3.05, 3.63) is 62.1 Å². The standard InChI is InChI=1S/C15H13BrN2O3/c16-12-8-9(18(20)21)4-6-14(12)17-13-7-5-11-10(13)2-1-3-15(11)19/h1-4,6,8,13,17,19H,5,7H2. The minimum Gasteiger partial charge on any atom is -0.508 e. The normalized spacial score (nSPS) is 16.5. The van der Waals surface area contributed by atoms with Gasteiger partial charge in [-0.05, 0) is 52.0 Å². The number of fused-ring (bicyclic) bond motifs is 1. The quantitative estimate of drug-likeness (QED) is 0.644. The summed E-state index contributed by atoms with van der Waals surface area (Å²) in [6.45, 7) is 0. The fraction of sp³-hybridized carbons (Fsp3) is 0.200. The summed E-state index contributed by atoms with van der Waals surface area (Å²) in [6, 6.07) is 10.3. The Morgan fingerprint density at radius 3 is 2.86 bits per heavy atom. The summed E-state index contributed by atoms with van der Waals surface area (Å²) >= 11 is 3.36. The maximum absolute atomic E-state index is 10.7. The van der Waals surface area contributed by atoms with Crippen LogP contribution in [0, 0.1) is 10.1 Å². The molecule has 0 fully saturated rings. The minimum atomic E-state index is -0.419. The third kappa shape index (κ3) is 2.58. The van der Waals surface area contributed by atoms with Crippen molar-refractivity contribution in [1.82, 2.24) is 0 Å². The number of benzene rings is 2. The molecule has 1 aliphatic rings. The van der Waals surface area contributed by atoms with Crippen molar-refractivity contribution in [3.63, 3.8) is 0 Å². The van der Waals surface area contributed by atoms with Crippen molar-refractivity contribution in [1.29, 1.82) is 0 Å². The van der Waals surface area contributed by atoms with Crippen LogP contribution < -0.4 is 5.32 Å². The van der Waals surface area contributed by atoms with E-state index in [-0.39, 0.29) is 11.7 Å². The highest BCUT2D eigenvalue weighted by atomic mass is 79.9. The molecule has 3 rings (SSSR count). The van der Waals surface area contributed by atoms with E-state index in [1.807, 2.05) is 12.1 Å². The van der Waals surface area contributed by atoms with Gasteiger partial charge < -0.3 is 10.4 Å². The zero-order valence-electron chi connectivity index (χ0n) is 11.0. The molecule has 0 saturated heterocycles. The Hall–Kier alpha value is -2.08. The molecule has 0 aromatic heterocycles. The van der Waals surface area contributed by atoms with Crippen molar-refractivity contribution >= 4 is 27.3 Å². The van der Waals surface area contributed by atoms with Crippen molar-refractivity contribution in [3.8, 4) is 5.75 Å². The molecule has 1 unspecified atom stereocenters. The van der Waals surface area contributed by atoms with Gasteiger partial charge in [0.2, 0.25) is 0 Å². The lowest BCUT2D eigenvalue weighted by Crippen LogP contribution is -2.07. The Balaban J connectivity index is 1.86. The number of nitro groups is 1. The Bertz CT molecular complexity index is 718. The number of nitrogens with zero attached hydrogens (tertiary/aromatic N) is 1. The average molecular weight is 349 g/mol. The first-order valence-electron chi connectivity index (χ1n) is 6.57. The predicted molar refractivity (Wildman–Crippen MR) is 83.6 cm³/mol. The molecule has 0 saturated carbocycles. The second-order valence-electron chi connectivity index (χ2n) is 5.00. The monoisotopic (exact) mass is 348 g/mol. The van der Waals surface area contributed by atoms with Gasteiger partial charge in [-0.15, -0.1) is 0 Å². The van der Waals surface area contributed by atoms with Crippen LogP contribution in [0.1, 0.15) is 23.6 Å². The second-order valence-corrected chi connectivity index (χ2v) is 5.86. The van der Waals surface area contributed by atoms with Crippen LogP contribution >= 0.6 is 15.9 Å². The number of hydrogen-bond donors (Lipinski definition) is 2. The number of phenolic OH excluding ortho intramolecular Hbond substituents is 1. The van der Waals surface area contributed by atoms with Gasteiger partial charge in [-0.2, -0.15) is 0 Å². The zero-order chi connectivity index (χ0) is 15.0. The van der Waals surface area contributed by atoms with E-state index in [0.29, 0.717) is 10.2 Å². The van der Waals surface area contributed by atoms with Crippen molar-refractivity contribution in [2.45, 2.75) is 18.9 Å². The fourth-order valence-corrected chi connectivity index (χ4v) is 3.19. The summed E-state index contributed by atoms with van der Waals surface area (Å²) in [5.41, 5.74) is 2.92. The fourth-order valence-electron chi connectivity index (χ4n) is 2.71. The second kappa shape index (κ2) is 5.37. The number of nitro benzene ring substituents is 1. The van der Waals surface area contributed by atoms with Gasteiger partial charge in [0.1, 0.15) is 5.75 Å². The Morgan fingerprint density at radius 2 is 2.14 bits per heavy atom. The molecular formula is C15H13BrN2O3. The van der Waals surface area contributed by atoms with Crippen molar-refractivity contribution < 1.29 is 10.0 Å². The van der Waals surface area contributed by atoms with Gasteiger partial charge in [0.25, 0.3) is 5.69 Å². The Morgan fingerprint density at radius 1 is 1.33 bits per heavy atom. The predicted octanol–water partition coefficient (Wildman–Crippen LogP) is 4.16. The first-order chi connectivity index (χ1) is 10.1. The van der Waals surface area contributed by atoms with E-state index < -0.39 is 4.92 Å². The van der Waals surface area contributed by atoms with E-state index in [9.17, 15) is 15.2 Å². The molecular weight excluding hydrogens is 336 g/mol. The molecule has 2 N–H and O–H groups in total. The molecule has 0 aliphatic heterocycles. The molecule has 21 heavy (non-hydrogen) atoms. The molecule has 0 heterocycles. The third-order valence-electron chi connectivity index (χ3n) is 3.74. The molecule has 0 spiro atoms. The first kappa shape index (κ1) is 13.9. The maximum Gasteiger partial charge on any atom is 0.270 e. The first-order valence-corrected chi connectivity index (χ1v) is 7.37. The number of nitrogens with one attached hydrogen (secondary N) is 1. The van der Waals surface area contributed by atoms with Crippen molar-refractivity contribution in [2.24, 2.45) is 0 Å².